The quantitative estimate of drug-likeness (QED) is 0.357. The van der Waals surface area contributed by atoms with Gasteiger partial charge in [-0.1, -0.05) is 6.07 Å². The van der Waals surface area contributed by atoms with Gasteiger partial charge < -0.3 is 14.8 Å². The first-order valence-corrected chi connectivity index (χ1v) is 11.7. The van der Waals surface area contributed by atoms with E-state index in [0.29, 0.717) is 17.9 Å². The van der Waals surface area contributed by atoms with E-state index in [2.05, 4.69) is 51.9 Å². The highest BCUT2D eigenvalue weighted by Gasteiger charge is 2.18. The Kier molecular flexibility index (Phi) is 8.95. The predicted molar refractivity (Wildman–Crippen MR) is 129 cm³/mol. The molecule has 0 aliphatic carbocycles. The van der Waals surface area contributed by atoms with Gasteiger partial charge in [-0.3, -0.25) is 9.69 Å². The van der Waals surface area contributed by atoms with Gasteiger partial charge in [0, 0.05) is 23.2 Å². The van der Waals surface area contributed by atoms with Crippen LogP contribution in [0, 0.1) is 10.5 Å². The molecule has 0 atom stereocenters. The molecule has 0 aromatic heterocycles. The lowest BCUT2D eigenvalue weighted by Gasteiger charge is -2.29. The predicted octanol–water partition coefficient (Wildman–Crippen LogP) is 4.52. The molecule has 2 aromatic rings. The standard InChI is InChI=1S/C24H30FIN2O3/c1-17-13-19-16-28(11-7-18(19)14-23(17)30-2)10-4-3-9-27-24(29)21-15-20(26)5-6-22(21)31-12-8-25/h5-6,13-15H,3-4,7-12,16H2,1-2H3,(H,27,29)/i25-1. The van der Waals surface area contributed by atoms with Crippen molar-refractivity contribution in [3.63, 3.8) is 0 Å². The first kappa shape index (κ1) is 23.8. The molecular formula is C24H30FIN2O3. The first-order valence-electron chi connectivity index (χ1n) is 10.7. The number of alkyl halides is 1. The smallest absolute Gasteiger partial charge is 0.255 e. The number of nitrogens with zero attached hydrogens (tertiary/aromatic N) is 1. The van der Waals surface area contributed by atoms with Crippen LogP contribution < -0.4 is 14.8 Å². The maximum atomic E-state index is 12.6. The van der Waals surface area contributed by atoms with Crippen LogP contribution in [0.25, 0.3) is 0 Å². The fourth-order valence-corrected chi connectivity index (χ4v) is 4.38. The third-order valence-electron chi connectivity index (χ3n) is 5.52. The summed E-state index contributed by atoms with van der Waals surface area (Å²) in [6, 6.07) is 9.75. The van der Waals surface area contributed by atoms with Crippen molar-refractivity contribution in [2.45, 2.75) is 32.7 Å². The molecule has 31 heavy (non-hydrogen) atoms. The topological polar surface area (TPSA) is 50.8 Å². The van der Waals surface area contributed by atoms with Crippen LogP contribution in [0.4, 0.5) is 4.39 Å². The van der Waals surface area contributed by atoms with Crippen molar-refractivity contribution in [2.75, 3.05) is 40.0 Å². The molecule has 2 aromatic carbocycles. The van der Waals surface area contributed by atoms with Crippen LogP contribution in [0.2, 0.25) is 0 Å². The largest absolute Gasteiger partial charge is 0.496 e. The molecule has 0 bridgehead atoms. The highest BCUT2D eigenvalue weighted by molar-refractivity contribution is 14.1. The van der Waals surface area contributed by atoms with Gasteiger partial charge in [-0.25, -0.2) is 4.39 Å². The van der Waals surface area contributed by atoms with Crippen LogP contribution in [-0.2, 0) is 13.0 Å². The number of carbonyl (C=O) groups excluding carboxylic acids is 1. The zero-order valence-electron chi connectivity index (χ0n) is 18.2. The van der Waals surface area contributed by atoms with Crippen LogP contribution in [0.3, 0.4) is 0 Å². The molecule has 1 aliphatic heterocycles. The first-order chi connectivity index (χ1) is 15.0. The molecule has 5 nitrogen and oxygen atoms in total. The van der Waals surface area contributed by atoms with Gasteiger partial charge in [0.1, 0.15) is 24.8 Å². The van der Waals surface area contributed by atoms with Gasteiger partial charge in [-0.05, 0) is 96.3 Å². The zero-order chi connectivity index (χ0) is 22.2. The number of hydrogen-bond acceptors (Lipinski definition) is 4. The van der Waals surface area contributed by atoms with E-state index in [1.165, 1.54) is 16.7 Å². The Bertz CT molecular complexity index is 907. The normalized spacial score (nSPS) is 13.5. The highest BCUT2D eigenvalue weighted by Crippen LogP contribution is 2.27. The second kappa shape index (κ2) is 11.7. The average Bonchev–Trinajstić information content (AvgIpc) is 2.77. The molecule has 0 radical (unpaired) electrons. The number of hydrogen-bond donors (Lipinski definition) is 1. The second-order valence-corrected chi connectivity index (χ2v) is 9.00. The summed E-state index contributed by atoms with van der Waals surface area (Å²) in [5, 5.41) is 2.97. The van der Waals surface area contributed by atoms with Crippen molar-refractivity contribution in [2.24, 2.45) is 0 Å². The third-order valence-corrected chi connectivity index (χ3v) is 6.19. The van der Waals surface area contributed by atoms with Crippen LogP contribution in [0.1, 0.15) is 39.9 Å². The minimum absolute atomic E-state index is 0.0495. The van der Waals surface area contributed by atoms with Gasteiger partial charge in [-0.15, -0.1) is 0 Å². The zero-order valence-corrected chi connectivity index (χ0v) is 20.3. The lowest BCUT2D eigenvalue weighted by atomic mass is 9.97. The highest BCUT2D eigenvalue weighted by atomic mass is 127. The molecule has 1 aliphatic rings. The number of fused-ring (bicyclic) bond motifs is 1. The van der Waals surface area contributed by atoms with Gasteiger partial charge in [0.2, 0.25) is 0 Å². The van der Waals surface area contributed by atoms with Crippen molar-refractivity contribution in [1.82, 2.24) is 10.2 Å². The van der Waals surface area contributed by atoms with Gasteiger partial charge in [0.25, 0.3) is 5.91 Å². The van der Waals surface area contributed by atoms with Crippen molar-refractivity contribution >= 4 is 28.5 Å². The Labute approximate surface area is 197 Å². The van der Waals surface area contributed by atoms with Crippen molar-refractivity contribution in [3.05, 3.63) is 56.2 Å². The SMILES string of the molecule is COc1cc2c(cc1C)CN(CCCCNC(=O)c1cc(I)ccc1OCC[18F])CC2. The summed E-state index contributed by atoms with van der Waals surface area (Å²) in [5.74, 6) is 1.22. The molecule has 0 saturated carbocycles. The van der Waals surface area contributed by atoms with E-state index < -0.39 is 6.67 Å². The Morgan fingerprint density at radius 1 is 1.19 bits per heavy atom. The summed E-state index contributed by atoms with van der Waals surface area (Å²) in [6.45, 7) is 5.07. The minimum atomic E-state index is -0.582. The Hall–Kier alpha value is -1.87. The number of ether oxygens (including phenoxy) is 2. The van der Waals surface area contributed by atoms with Crippen LogP contribution in [0.15, 0.2) is 30.3 Å². The molecular weight excluding hydrogens is 509 g/mol. The fraction of sp³-hybridized carbons (Fsp3) is 0.458. The number of unbranched alkanes of at least 4 members (excludes halogenated alkanes) is 1. The van der Waals surface area contributed by atoms with Crippen molar-refractivity contribution in [1.29, 1.82) is 0 Å². The number of rotatable bonds is 10. The van der Waals surface area contributed by atoms with E-state index in [-0.39, 0.29) is 12.5 Å². The van der Waals surface area contributed by atoms with Crippen molar-refractivity contribution in [3.8, 4) is 11.5 Å². The molecule has 7 heteroatoms. The summed E-state index contributed by atoms with van der Waals surface area (Å²) >= 11 is 2.15. The number of aryl methyl sites for hydroxylation is 1. The number of carbonyl (C=O) groups is 1. The Balaban J connectivity index is 1.43. The lowest BCUT2D eigenvalue weighted by Crippen LogP contribution is -2.32. The summed E-state index contributed by atoms with van der Waals surface area (Å²) in [7, 11) is 1.72. The van der Waals surface area contributed by atoms with E-state index in [9.17, 15) is 9.18 Å². The molecule has 0 unspecified atom stereocenters. The number of halogens is 2. The second-order valence-electron chi connectivity index (χ2n) is 7.76. The summed E-state index contributed by atoms with van der Waals surface area (Å²) in [4.78, 5) is 15.0. The van der Waals surface area contributed by atoms with E-state index in [4.69, 9.17) is 9.47 Å². The number of benzene rings is 2. The monoisotopic (exact) mass is 539 g/mol. The number of amides is 1. The Morgan fingerprint density at radius 2 is 2.03 bits per heavy atom. The summed E-state index contributed by atoms with van der Waals surface area (Å²) < 4.78 is 24.2. The van der Waals surface area contributed by atoms with Crippen LogP contribution in [-0.4, -0.2) is 50.8 Å². The van der Waals surface area contributed by atoms with Crippen molar-refractivity contribution < 1.29 is 18.7 Å². The third kappa shape index (κ3) is 6.55. The van der Waals surface area contributed by atoms with Crippen LogP contribution >= 0.6 is 22.6 Å². The number of methoxy groups -OCH3 is 1. The average molecular weight is 539 g/mol. The lowest BCUT2D eigenvalue weighted by molar-refractivity contribution is 0.0947. The molecule has 0 fully saturated rings. The Morgan fingerprint density at radius 3 is 2.81 bits per heavy atom. The van der Waals surface area contributed by atoms with Gasteiger partial charge >= 0.3 is 0 Å². The van der Waals surface area contributed by atoms with Gasteiger partial charge in [0.15, 0.2) is 0 Å². The molecule has 3 rings (SSSR count). The van der Waals surface area contributed by atoms with Crippen LogP contribution in [0.5, 0.6) is 11.5 Å². The number of nitrogens with one attached hydrogen (secondary N) is 1. The van der Waals surface area contributed by atoms with Gasteiger partial charge in [0.05, 0.1) is 12.7 Å². The van der Waals surface area contributed by atoms with Gasteiger partial charge in [-0.2, -0.15) is 0 Å². The van der Waals surface area contributed by atoms with E-state index in [1.807, 2.05) is 6.07 Å². The summed E-state index contributed by atoms with van der Waals surface area (Å²) in [6.07, 6.45) is 2.96. The molecule has 168 valence electrons. The molecule has 1 N–H and O–H groups in total. The minimum Gasteiger partial charge on any atom is -0.496 e. The van der Waals surface area contributed by atoms with E-state index in [0.717, 1.165) is 48.2 Å². The van der Waals surface area contributed by atoms with E-state index >= 15 is 0 Å². The maximum absolute atomic E-state index is 12.6. The summed E-state index contributed by atoms with van der Waals surface area (Å²) in [5.41, 5.74) is 4.40. The molecule has 0 spiro atoms. The maximum Gasteiger partial charge on any atom is 0.255 e. The van der Waals surface area contributed by atoms with E-state index in [1.54, 1.807) is 19.2 Å². The molecule has 0 saturated heterocycles. The molecule has 1 heterocycles. The fourth-order valence-electron chi connectivity index (χ4n) is 3.89. The molecule has 1 amide bonds.